The van der Waals surface area contributed by atoms with Gasteiger partial charge in [0.1, 0.15) is 6.29 Å². The van der Waals surface area contributed by atoms with Crippen molar-refractivity contribution in [2.24, 2.45) is 5.41 Å². The van der Waals surface area contributed by atoms with Gasteiger partial charge in [-0.25, -0.2) is 8.78 Å². The average molecular weight is 192 g/mol. The summed E-state index contributed by atoms with van der Waals surface area (Å²) in [5.41, 5.74) is -0.931. The highest BCUT2D eigenvalue weighted by atomic mass is 19.3. The van der Waals surface area contributed by atoms with Gasteiger partial charge >= 0.3 is 0 Å². The van der Waals surface area contributed by atoms with E-state index in [1.54, 1.807) is 6.92 Å². The van der Waals surface area contributed by atoms with Crippen LogP contribution in [-0.4, -0.2) is 25.4 Å². The molecule has 1 fully saturated rings. The van der Waals surface area contributed by atoms with Crippen molar-refractivity contribution in [1.82, 2.24) is 0 Å². The summed E-state index contributed by atoms with van der Waals surface area (Å²) in [6.07, 6.45) is 0.315. The van der Waals surface area contributed by atoms with E-state index >= 15 is 0 Å². The molecule has 76 valence electrons. The van der Waals surface area contributed by atoms with Gasteiger partial charge in [0.2, 0.25) is 5.92 Å². The summed E-state index contributed by atoms with van der Waals surface area (Å²) in [6, 6.07) is 0. The standard InChI is InChI=1S/C9H14F2O2/c1-2-13-7-8(6-12)3-4-9(10,11)5-8/h6H,2-5,7H2,1H3. The van der Waals surface area contributed by atoms with Crippen LogP contribution in [0.5, 0.6) is 0 Å². The number of ether oxygens (including phenoxy) is 1. The molecule has 0 bridgehead atoms. The van der Waals surface area contributed by atoms with Gasteiger partial charge < -0.3 is 9.53 Å². The summed E-state index contributed by atoms with van der Waals surface area (Å²) >= 11 is 0. The van der Waals surface area contributed by atoms with E-state index < -0.39 is 11.3 Å². The fourth-order valence-electron chi connectivity index (χ4n) is 1.69. The smallest absolute Gasteiger partial charge is 0.249 e. The summed E-state index contributed by atoms with van der Waals surface area (Å²) in [5.74, 6) is -2.68. The van der Waals surface area contributed by atoms with E-state index in [4.69, 9.17) is 4.74 Å². The molecule has 0 saturated heterocycles. The van der Waals surface area contributed by atoms with Crippen molar-refractivity contribution in [2.45, 2.75) is 32.1 Å². The third kappa shape index (κ3) is 2.46. The summed E-state index contributed by atoms with van der Waals surface area (Å²) in [7, 11) is 0. The van der Waals surface area contributed by atoms with Crippen molar-refractivity contribution in [1.29, 1.82) is 0 Å². The number of carbonyl (C=O) groups excluding carboxylic acids is 1. The normalized spacial score (nSPS) is 31.9. The molecular formula is C9H14F2O2. The van der Waals surface area contributed by atoms with E-state index in [0.717, 1.165) is 0 Å². The van der Waals surface area contributed by atoms with Crippen molar-refractivity contribution in [3.05, 3.63) is 0 Å². The first-order chi connectivity index (χ1) is 6.04. The zero-order valence-corrected chi connectivity index (χ0v) is 7.69. The van der Waals surface area contributed by atoms with Crippen LogP contribution in [0.25, 0.3) is 0 Å². The molecule has 1 aliphatic carbocycles. The van der Waals surface area contributed by atoms with Crippen molar-refractivity contribution < 1.29 is 18.3 Å². The Morgan fingerprint density at radius 1 is 1.46 bits per heavy atom. The van der Waals surface area contributed by atoms with Crippen LogP contribution in [0, 0.1) is 5.41 Å². The molecule has 0 aromatic rings. The van der Waals surface area contributed by atoms with Crippen LogP contribution in [0.1, 0.15) is 26.2 Å². The molecule has 1 aliphatic rings. The molecule has 0 N–H and O–H groups in total. The summed E-state index contributed by atoms with van der Waals surface area (Å²) in [6.45, 7) is 2.37. The van der Waals surface area contributed by atoms with E-state index in [0.29, 0.717) is 12.9 Å². The second-order valence-corrected chi connectivity index (χ2v) is 3.65. The molecule has 13 heavy (non-hydrogen) atoms. The molecule has 1 rings (SSSR count). The van der Waals surface area contributed by atoms with E-state index in [-0.39, 0.29) is 25.9 Å². The number of aldehydes is 1. The minimum absolute atomic E-state index is 0.128. The van der Waals surface area contributed by atoms with Crippen molar-refractivity contribution in [2.75, 3.05) is 13.2 Å². The van der Waals surface area contributed by atoms with Gasteiger partial charge in [-0.3, -0.25) is 0 Å². The SMILES string of the molecule is CCOCC1(C=O)CCC(F)(F)C1. The Morgan fingerprint density at radius 3 is 2.54 bits per heavy atom. The van der Waals surface area contributed by atoms with Crippen LogP contribution in [-0.2, 0) is 9.53 Å². The Labute approximate surface area is 76.3 Å². The molecule has 0 heterocycles. The molecule has 1 saturated carbocycles. The number of carbonyl (C=O) groups is 1. The lowest BCUT2D eigenvalue weighted by molar-refractivity contribution is -0.121. The fraction of sp³-hybridized carbons (Fsp3) is 0.889. The quantitative estimate of drug-likeness (QED) is 0.637. The van der Waals surface area contributed by atoms with Crippen molar-refractivity contribution >= 4 is 6.29 Å². The van der Waals surface area contributed by atoms with Crippen molar-refractivity contribution in [3.63, 3.8) is 0 Å². The molecule has 0 amide bonds. The van der Waals surface area contributed by atoms with E-state index in [2.05, 4.69) is 0 Å². The fourth-order valence-corrected chi connectivity index (χ4v) is 1.69. The minimum Gasteiger partial charge on any atom is -0.381 e. The summed E-state index contributed by atoms with van der Waals surface area (Å²) in [4.78, 5) is 10.7. The molecule has 2 nitrogen and oxygen atoms in total. The lowest BCUT2D eigenvalue weighted by Gasteiger charge is -2.21. The van der Waals surface area contributed by atoms with Gasteiger partial charge in [0.25, 0.3) is 0 Å². The molecule has 0 aromatic carbocycles. The predicted octanol–water partition coefficient (Wildman–Crippen LogP) is 2.03. The van der Waals surface area contributed by atoms with Gasteiger partial charge in [-0.05, 0) is 13.3 Å². The molecule has 1 unspecified atom stereocenters. The molecular weight excluding hydrogens is 178 g/mol. The lowest BCUT2D eigenvalue weighted by Crippen LogP contribution is -2.27. The predicted molar refractivity (Wildman–Crippen MR) is 43.8 cm³/mol. The van der Waals surface area contributed by atoms with Gasteiger partial charge in [0, 0.05) is 19.4 Å². The van der Waals surface area contributed by atoms with E-state index in [1.165, 1.54) is 0 Å². The molecule has 0 radical (unpaired) electrons. The van der Waals surface area contributed by atoms with Crippen molar-refractivity contribution in [3.8, 4) is 0 Å². The van der Waals surface area contributed by atoms with E-state index in [1.807, 2.05) is 0 Å². The van der Waals surface area contributed by atoms with Crippen LogP contribution in [0.3, 0.4) is 0 Å². The average Bonchev–Trinajstić information content (AvgIpc) is 2.40. The second kappa shape index (κ2) is 3.70. The van der Waals surface area contributed by atoms with Crippen LogP contribution < -0.4 is 0 Å². The van der Waals surface area contributed by atoms with Crippen LogP contribution in [0.4, 0.5) is 8.78 Å². The number of halogens is 2. The Kier molecular flexibility index (Phi) is 3.01. The van der Waals surface area contributed by atoms with Gasteiger partial charge in [0.15, 0.2) is 0 Å². The Balaban J connectivity index is 2.57. The third-order valence-corrected chi connectivity index (χ3v) is 2.44. The molecule has 0 spiro atoms. The number of alkyl halides is 2. The highest BCUT2D eigenvalue weighted by Gasteiger charge is 2.49. The number of hydrogen-bond acceptors (Lipinski definition) is 2. The maximum Gasteiger partial charge on any atom is 0.249 e. The van der Waals surface area contributed by atoms with Gasteiger partial charge in [-0.15, -0.1) is 0 Å². The Morgan fingerprint density at radius 2 is 2.15 bits per heavy atom. The zero-order chi connectivity index (χ0) is 9.95. The van der Waals surface area contributed by atoms with Gasteiger partial charge in [-0.2, -0.15) is 0 Å². The topological polar surface area (TPSA) is 26.3 Å². The largest absolute Gasteiger partial charge is 0.381 e. The molecule has 0 aromatic heterocycles. The minimum atomic E-state index is -2.68. The van der Waals surface area contributed by atoms with Crippen LogP contribution >= 0.6 is 0 Å². The maximum absolute atomic E-state index is 12.8. The first-order valence-corrected chi connectivity index (χ1v) is 4.45. The molecule has 4 heteroatoms. The monoisotopic (exact) mass is 192 g/mol. The highest BCUT2D eigenvalue weighted by Crippen LogP contribution is 2.46. The Hall–Kier alpha value is -0.510. The molecule has 1 atom stereocenters. The molecule has 0 aliphatic heterocycles. The second-order valence-electron chi connectivity index (χ2n) is 3.65. The maximum atomic E-state index is 12.8. The zero-order valence-electron chi connectivity index (χ0n) is 7.69. The lowest BCUT2D eigenvalue weighted by atomic mass is 9.89. The number of rotatable bonds is 4. The highest BCUT2D eigenvalue weighted by molar-refractivity contribution is 5.60. The summed E-state index contributed by atoms with van der Waals surface area (Å²) in [5, 5.41) is 0. The number of hydrogen-bond donors (Lipinski definition) is 0. The van der Waals surface area contributed by atoms with Gasteiger partial charge in [0.05, 0.1) is 12.0 Å². The Bertz CT molecular complexity index is 194. The van der Waals surface area contributed by atoms with E-state index in [9.17, 15) is 13.6 Å². The first-order valence-electron chi connectivity index (χ1n) is 4.45. The first kappa shape index (κ1) is 10.6. The van der Waals surface area contributed by atoms with Crippen LogP contribution in [0.15, 0.2) is 0 Å². The third-order valence-electron chi connectivity index (χ3n) is 2.44. The summed E-state index contributed by atoms with van der Waals surface area (Å²) < 4.78 is 30.7. The van der Waals surface area contributed by atoms with Crippen LogP contribution in [0.2, 0.25) is 0 Å². The van der Waals surface area contributed by atoms with Gasteiger partial charge in [-0.1, -0.05) is 0 Å².